The number of hydrogen-bond acceptors (Lipinski definition) is 1. The second kappa shape index (κ2) is 5.26. The highest BCUT2D eigenvalue weighted by atomic mass is 19.4. The molecule has 2 rings (SSSR count). The molecule has 5 heteroatoms. The Kier molecular flexibility index (Phi) is 3.98. The maximum atomic E-state index is 13.8. The minimum Gasteiger partial charge on any atom is -0.380 e. The van der Waals surface area contributed by atoms with Crippen LogP contribution in [0, 0.1) is 11.2 Å². The summed E-state index contributed by atoms with van der Waals surface area (Å²) in [6.45, 7) is 4.31. The Labute approximate surface area is 116 Å². The van der Waals surface area contributed by atoms with Crippen LogP contribution in [0.5, 0.6) is 0 Å². The number of rotatable bonds is 2. The quantitative estimate of drug-likeness (QED) is 0.735. The Morgan fingerprint density at radius 3 is 2.50 bits per heavy atom. The topological polar surface area (TPSA) is 12.0 Å². The molecule has 1 nitrogen and oxygen atoms in total. The molecule has 0 bridgehead atoms. The van der Waals surface area contributed by atoms with Gasteiger partial charge < -0.3 is 5.32 Å². The van der Waals surface area contributed by atoms with Gasteiger partial charge in [-0.25, -0.2) is 4.39 Å². The highest BCUT2D eigenvalue weighted by Crippen LogP contribution is 2.37. The van der Waals surface area contributed by atoms with Crippen molar-refractivity contribution >= 4 is 5.69 Å². The van der Waals surface area contributed by atoms with E-state index < -0.39 is 17.6 Å². The van der Waals surface area contributed by atoms with Crippen molar-refractivity contribution in [3.05, 3.63) is 29.6 Å². The molecule has 1 aromatic rings. The van der Waals surface area contributed by atoms with E-state index in [1.807, 2.05) is 0 Å². The second-order valence-corrected chi connectivity index (χ2v) is 6.29. The van der Waals surface area contributed by atoms with Crippen molar-refractivity contribution in [3.63, 3.8) is 0 Å². The number of benzene rings is 1. The van der Waals surface area contributed by atoms with Crippen LogP contribution in [-0.2, 0) is 6.18 Å². The first-order valence-corrected chi connectivity index (χ1v) is 6.81. The lowest BCUT2D eigenvalue weighted by Gasteiger charge is -2.36. The van der Waals surface area contributed by atoms with Gasteiger partial charge in [-0.1, -0.05) is 20.3 Å². The van der Waals surface area contributed by atoms with Gasteiger partial charge in [-0.05, 0) is 42.9 Å². The predicted molar refractivity (Wildman–Crippen MR) is 71.1 cm³/mol. The molecular formula is C15H19F4N. The molecule has 0 amide bonds. The third-order valence-corrected chi connectivity index (χ3v) is 3.86. The largest absolute Gasteiger partial charge is 0.416 e. The van der Waals surface area contributed by atoms with Crippen LogP contribution in [-0.4, -0.2) is 6.04 Å². The van der Waals surface area contributed by atoms with Gasteiger partial charge in [0.1, 0.15) is 5.82 Å². The van der Waals surface area contributed by atoms with Crippen LogP contribution < -0.4 is 5.32 Å². The van der Waals surface area contributed by atoms with Gasteiger partial charge >= 0.3 is 6.18 Å². The molecular weight excluding hydrogens is 270 g/mol. The van der Waals surface area contributed by atoms with Gasteiger partial charge in [-0.3, -0.25) is 0 Å². The number of hydrogen-bond donors (Lipinski definition) is 1. The molecule has 1 saturated carbocycles. The lowest BCUT2D eigenvalue weighted by atomic mass is 9.75. The molecule has 0 heterocycles. The molecule has 0 radical (unpaired) electrons. The second-order valence-electron chi connectivity index (χ2n) is 6.29. The van der Waals surface area contributed by atoms with Gasteiger partial charge in [0.25, 0.3) is 0 Å². The van der Waals surface area contributed by atoms with E-state index in [1.54, 1.807) is 0 Å². The Hall–Kier alpha value is -1.26. The molecule has 1 fully saturated rings. The summed E-state index contributed by atoms with van der Waals surface area (Å²) in [7, 11) is 0. The number of anilines is 1. The predicted octanol–water partition coefficient (Wildman–Crippen LogP) is 5.23. The SMILES string of the molecule is CC1(C)CCCC(Nc2ccc(C(F)(F)F)cc2F)C1. The van der Waals surface area contributed by atoms with Crippen molar-refractivity contribution in [2.75, 3.05) is 5.32 Å². The molecule has 20 heavy (non-hydrogen) atoms. The standard InChI is InChI=1S/C15H19F4N/c1-14(2)7-3-4-11(9-14)20-13-6-5-10(8-12(13)16)15(17,18)19/h5-6,8,11,20H,3-4,7,9H2,1-2H3. The summed E-state index contributed by atoms with van der Waals surface area (Å²) >= 11 is 0. The van der Waals surface area contributed by atoms with Crippen LogP contribution in [0.2, 0.25) is 0 Å². The van der Waals surface area contributed by atoms with Crippen LogP contribution in [0.3, 0.4) is 0 Å². The summed E-state index contributed by atoms with van der Waals surface area (Å²) in [5.74, 6) is -0.844. The zero-order chi connectivity index (χ0) is 15.0. The van der Waals surface area contributed by atoms with Gasteiger partial charge in [0, 0.05) is 6.04 Å². The minimum atomic E-state index is -4.51. The Morgan fingerprint density at radius 2 is 1.95 bits per heavy atom. The van der Waals surface area contributed by atoms with Crippen LogP contribution >= 0.6 is 0 Å². The van der Waals surface area contributed by atoms with Crippen LogP contribution in [0.1, 0.15) is 45.1 Å². The van der Waals surface area contributed by atoms with E-state index in [4.69, 9.17) is 0 Å². The molecule has 1 N–H and O–H groups in total. The Morgan fingerprint density at radius 1 is 1.25 bits per heavy atom. The fourth-order valence-electron chi connectivity index (χ4n) is 2.85. The Bertz CT molecular complexity index is 479. The first-order valence-electron chi connectivity index (χ1n) is 6.81. The van der Waals surface area contributed by atoms with Gasteiger partial charge in [-0.15, -0.1) is 0 Å². The molecule has 1 aromatic carbocycles. The fourth-order valence-corrected chi connectivity index (χ4v) is 2.85. The van der Waals surface area contributed by atoms with Gasteiger partial charge in [0.15, 0.2) is 0 Å². The van der Waals surface area contributed by atoms with Gasteiger partial charge in [0.05, 0.1) is 11.3 Å². The highest BCUT2D eigenvalue weighted by molar-refractivity contribution is 5.47. The van der Waals surface area contributed by atoms with Gasteiger partial charge in [0.2, 0.25) is 0 Å². The maximum Gasteiger partial charge on any atom is 0.416 e. The minimum absolute atomic E-state index is 0.116. The number of nitrogens with one attached hydrogen (secondary N) is 1. The van der Waals surface area contributed by atoms with Gasteiger partial charge in [-0.2, -0.15) is 13.2 Å². The average Bonchev–Trinajstić information content (AvgIpc) is 2.29. The van der Waals surface area contributed by atoms with Crippen molar-refractivity contribution in [1.82, 2.24) is 0 Å². The third kappa shape index (κ3) is 3.64. The monoisotopic (exact) mass is 289 g/mol. The molecule has 0 spiro atoms. The molecule has 0 aromatic heterocycles. The zero-order valence-electron chi connectivity index (χ0n) is 11.6. The van der Waals surface area contributed by atoms with Crippen molar-refractivity contribution in [2.24, 2.45) is 5.41 Å². The smallest absolute Gasteiger partial charge is 0.380 e. The van der Waals surface area contributed by atoms with Crippen molar-refractivity contribution in [3.8, 4) is 0 Å². The molecule has 1 atom stereocenters. The van der Waals surface area contributed by atoms with Crippen LogP contribution in [0.4, 0.5) is 23.2 Å². The average molecular weight is 289 g/mol. The molecule has 112 valence electrons. The summed E-state index contributed by atoms with van der Waals surface area (Å²) in [5.41, 5.74) is -0.608. The van der Waals surface area contributed by atoms with E-state index in [1.165, 1.54) is 6.07 Å². The Balaban J connectivity index is 2.10. The van der Waals surface area contributed by atoms with E-state index in [0.717, 1.165) is 31.7 Å². The van der Waals surface area contributed by atoms with E-state index >= 15 is 0 Å². The first kappa shape index (κ1) is 15.1. The molecule has 1 aliphatic rings. The van der Waals surface area contributed by atoms with Crippen molar-refractivity contribution in [2.45, 2.75) is 51.7 Å². The van der Waals surface area contributed by atoms with Crippen molar-refractivity contribution in [1.29, 1.82) is 0 Å². The number of alkyl halides is 3. The highest BCUT2D eigenvalue weighted by Gasteiger charge is 2.32. The maximum absolute atomic E-state index is 13.8. The van der Waals surface area contributed by atoms with Crippen LogP contribution in [0.25, 0.3) is 0 Å². The fraction of sp³-hybridized carbons (Fsp3) is 0.600. The van der Waals surface area contributed by atoms with Crippen molar-refractivity contribution < 1.29 is 17.6 Å². The molecule has 0 aliphatic heterocycles. The number of halogens is 4. The zero-order valence-corrected chi connectivity index (χ0v) is 11.6. The summed E-state index contributed by atoms with van der Waals surface area (Å²) in [4.78, 5) is 0. The van der Waals surface area contributed by atoms with E-state index in [2.05, 4.69) is 19.2 Å². The molecule has 0 saturated heterocycles. The lowest BCUT2D eigenvalue weighted by molar-refractivity contribution is -0.137. The normalized spacial score (nSPS) is 22.6. The first-order chi connectivity index (χ1) is 9.17. The molecule has 1 unspecified atom stereocenters. The third-order valence-electron chi connectivity index (χ3n) is 3.86. The lowest BCUT2D eigenvalue weighted by Crippen LogP contribution is -2.32. The summed E-state index contributed by atoms with van der Waals surface area (Å²) < 4.78 is 51.2. The summed E-state index contributed by atoms with van der Waals surface area (Å²) in [6.07, 6.45) is -0.517. The summed E-state index contributed by atoms with van der Waals surface area (Å²) in [6, 6.07) is 2.76. The molecule has 1 aliphatic carbocycles. The van der Waals surface area contributed by atoms with E-state index in [9.17, 15) is 17.6 Å². The van der Waals surface area contributed by atoms with Crippen LogP contribution in [0.15, 0.2) is 18.2 Å². The van der Waals surface area contributed by atoms with E-state index in [0.29, 0.717) is 6.07 Å². The van der Waals surface area contributed by atoms with E-state index in [-0.39, 0.29) is 17.1 Å². The summed E-state index contributed by atoms with van der Waals surface area (Å²) in [5, 5.41) is 3.04.